The fraction of sp³-hybridized carbons (Fsp3) is 0.444. The van der Waals surface area contributed by atoms with Crippen molar-refractivity contribution in [3.8, 4) is 0 Å². The zero-order valence-electron chi connectivity index (χ0n) is 14.3. The Morgan fingerprint density at radius 1 is 1.48 bits per heavy atom. The van der Waals surface area contributed by atoms with E-state index >= 15 is 0 Å². The highest BCUT2D eigenvalue weighted by atomic mass is 16.5. The minimum Gasteiger partial charge on any atom is -0.361 e. The van der Waals surface area contributed by atoms with Gasteiger partial charge >= 0.3 is 0 Å². The van der Waals surface area contributed by atoms with Crippen molar-refractivity contribution in [2.45, 2.75) is 45.2 Å². The highest BCUT2D eigenvalue weighted by Crippen LogP contribution is 2.15. The number of carbonyl (C=O) groups excluding carboxylic acids is 2. The van der Waals surface area contributed by atoms with Crippen LogP contribution in [0.2, 0.25) is 0 Å². The molecule has 3 rings (SSSR count). The lowest BCUT2D eigenvalue weighted by atomic mass is 10.1. The van der Waals surface area contributed by atoms with Crippen LogP contribution in [0.3, 0.4) is 0 Å². The lowest BCUT2D eigenvalue weighted by molar-refractivity contribution is -0.119. The average molecular weight is 342 g/mol. The molecule has 0 unspecified atom stereocenters. The number of pyridine rings is 1. The average Bonchev–Trinajstić information content (AvgIpc) is 3.24. The molecule has 1 atom stereocenters. The molecular formula is C18H22N4O3. The molecule has 7 nitrogen and oxygen atoms in total. The van der Waals surface area contributed by atoms with E-state index in [-0.39, 0.29) is 17.9 Å². The van der Waals surface area contributed by atoms with Gasteiger partial charge in [-0.2, -0.15) is 0 Å². The summed E-state index contributed by atoms with van der Waals surface area (Å²) < 4.78 is 5.23. The number of aryl methyl sites for hydroxylation is 1. The first kappa shape index (κ1) is 17.1. The van der Waals surface area contributed by atoms with Crippen LogP contribution in [0.15, 0.2) is 35.1 Å². The highest BCUT2D eigenvalue weighted by molar-refractivity contribution is 5.92. The number of hydrogen-bond acceptors (Lipinski definition) is 5. The van der Waals surface area contributed by atoms with E-state index < -0.39 is 0 Å². The first-order chi connectivity index (χ1) is 12.2. The largest absolute Gasteiger partial charge is 0.361 e. The Balaban J connectivity index is 1.76. The third kappa shape index (κ3) is 4.43. The molecule has 0 spiro atoms. The molecule has 2 amide bonds. The Bertz CT molecular complexity index is 729. The van der Waals surface area contributed by atoms with Gasteiger partial charge in [0.15, 0.2) is 5.69 Å². The Morgan fingerprint density at radius 2 is 2.36 bits per heavy atom. The SMILES string of the molecule is CCCc1cc(C(=O)N(Cc2cccnc2)C[C@@H]2CCC(=O)N2)no1. The molecule has 1 aliphatic rings. The van der Waals surface area contributed by atoms with Crippen molar-refractivity contribution in [1.82, 2.24) is 20.4 Å². The van der Waals surface area contributed by atoms with Gasteiger partial charge in [-0.15, -0.1) is 0 Å². The number of nitrogens with zero attached hydrogens (tertiary/aromatic N) is 3. The number of rotatable bonds is 7. The Kier molecular flexibility index (Phi) is 5.42. The summed E-state index contributed by atoms with van der Waals surface area (Å²) in [6.45, 7) is 2.89. The second kappa shape index (κ2) is 7.92. The summed E-state index contributed by atoms with van der Waals surface area (Å²) in [6.07, 6.45) is 6.35. The quantitative estimate of drug-likeness (QED) is 0.831. The lowest BCUT2D eigenvalue weighted by Gasteiger charge is -2.25. The van der Waals surface area contributed by atoms with E-state index in [4.69, 9.17) is 4.52 Å². The molecule has 25 heavy (non-hydrogen) atoms. The Hall–Kier alpha value is -2.70. The first-order valence-corrected chi connectivity index (χ1v) is 8.59. The standard InChI is InChI=1S/C18H22N4O3/c1-2-4-15-9-16(21-25-15)18(24)22(11-13-5-3-8-19-10-13)12-14-6-7-17(23)20-14/h3,5,8-10,14H,2,4,6-7,11-12H2,1H3,(H,20,23)/t14-/m0/s1. The van der Waals surface area contributed by atoms with E-state index in [9.17, 15) is 9.59 Å². The molecule has 132 valence electrons. The first-order valence-electron chi connectivity index (χ1n) is 8.59. The minimum absolute atomic E-state index is 0.0323. The molecule has 3 heterocycles. The van der Waals surface area contributed by atoms with Crippen molar-refractivity contribution in [3.05, 3.63) is 47.6 Å². The van der Waals surface area contributed by atoms with Gasteiger partial charge in [0.05, 0.1) is 0 Å². The fourth-order valence-electron chi connectivity index (χ4n) is 2.95. The molecule has 1 fully saturated rings. The van der Waals surface area contributed by atoms with Crippen LogP contribution in [0.4, 0.5) is 0 Å². The molecule has 1 aliphatic heterocycles. The van der Waals surface area contributed by atoms with E-state index in [1.165, 1.54) is 0 Å². The molecule has 0 aromatic carbocycles. The summed E-state index contributed by atoms with van der Waals surface area (Å²) in [5.41, 5.74) is 1.23. The van der Waals surface area contributed by atoms with Crippen molar-refractivity contribution < 1.29 is 14.1 Å². The van der Waals surface area contributed by atoms with Crippen molar-refractivity contribution >= 4 is 11.8 Å². The van der Waals surface area contributed by atoms with Gasteiger partial charge in [0.25, 0.3) is 5.91 Å². The maximum absolute atomic E-state index is 12.9. The number of hydrogen-bond donors (Lipinski definition) is 1. The van der Waals surface area contributed by atoms with Gasteiger partial charge in [0.2, 0.25) is 5.91 Å². The molecule has 1 saturated heterocycles. The zero-order chi connectivity index (χ0) is 17.6. The van der Waals surface area contributed by atoms with Gasteiger partial charge in [-0.25, -0.2) is 0 Å². The van der Waals surface area contributed by atoms with Gasteiger partial charge in [0.1, 0.15) is 5.76 Å². The van der Waals surface area contributed by atoms with Crippen LogP contribution < -0.4 is 5.32 Å². The van der Waals surface area contributed by atoms with Crippen LogP contribution in [0.1, 0.15) is 48.0 Å². The summed E-state index contributed by atoms with van der Waals surface area (Å²) in [5, 5.41) is 6.83. The summed E-state index contributed by atoms with van der Waals surface area (Å²) in [4.78, 5) is 30.2. The normalized spacial score (nSPS) is 16.7. The lowest BCUT2D eigenvalue weighted by Crippen LogP contribution is -2.41. The number of aromatic nitrogens is 2. The summed E-state index contributed by atoms with van der Waals surface area (Å²) in [7, 11) is 0. The Morgan fingerprint density at radius 3 is 3.04 bits per heavy atom. The molecule has 2 aromatic rings. The molecule has 0 radical (unpaired) electrons. The second-order valence-electron chi connectivity index (χ2n) is 6.28. The van der Waals surface area contributed by atoms with Gasteiger partial charge < -0.3 is 14.7 Å². The highest BCUT2D eigenvalue weighted by Gasteiger charge is 2.27. The van der Waals surface area contributed by atoms with Crippen LogP contribution in [0.5, 0.6) is 0 Å². The molecule has 0 bridgehead atoms. The predicted molar refractivity (Wildman–Crippen MR) is 90.6 cm³/mol. The minimum atomic E-state index is -0.198. The molecule has 1 N–H and O–H groups in total. The van der Waals surface area contributed by atoms with E-state index in [1.807, 2.05) is 19.1 Å². The van der Waals surface area contributed by atoms with Gasteiger partial charge in [-0.05, 0) is 24.5 Å². The summed E-state index contributed by atoms with van der Waals surface area (Å²) in [6, 6.07) is 5.43. The van der Waals surface area contributed by atoms with Gasteiger partial charge in [0, 0.05) is 50.4 Å². The number of amides is 2. The maximum atomic E-state index is 12.9. The van der Waals surface area contributed by atoms with Crippen LogP contribution >= 0.6 is 0 Å². The molecule has 0 aliphatic carbocycles. The van der Waals surface area contributed by atoms with E-state index in [0.717, 1.165) is 24.8 Å². The smallest absolute Gasteiger partial charge is 0.276 e. The molecular weight excluding hydrogens is 320 g/mol. The topological polar surface area (TPSA) is 88.3 Å². The van der Waals surface area contributed by atoms with E-state index in [1.54, 1.807) is 23.4 Å². The molecule has 2 aromatic heterocycles. The van der Waals surface area contributed by atoms with E-state index in [2.05, 4.69) is 15.5 Å². The third-order valence-corrected chi connectivity index (χ3v) is 4.18. The summed E-state index contributed by atoms with van der Waals surface area (Å²) in [5.74, 6) is 0.544. The number of carbonyl (C=O) groups is 2. The van der Waals surface area contributed by atoms with Crippen LogP contribution in [-0.4, -0.2) is 39.4 Å². The Labute approximate surface area is 146 Å². The zero-order valence-corrected chi connectivity index (χ0v) is 14.3. The predicted octanol–water partition coefficient (Wildman–Crippen LogP) is 1.94. The second-order valence-corrected chi connectivity index (χ2v) is 6.28. The van der Waals surface area contributed by atoms with Crippen LogP contribution in [0, 0.1) is 0 Å². The third-order valence-electron chi connectivity index (χ3n) is 4.18. The van der Waals surface area contributed by atoms with Crippen molar-refractivity contribution in [1.29, 1.82) is 0 Å². The summed E-state index contributed by atoms with van der Waals surface area (Å²) >= 11 is 0. The number of nitrogens with one attached hydrogen (secondary N) is 1. The van der Waals surface area contributed by atoms with Crippen molar-refractivity contribution in [2.75, 3.05) is 6.54 Å². The van der Waals surface area contributed by atoms with Crippen LogP contribution in [-0.2, 0) is 17.8 Å². The van der Waals surface area contributed by atoms with Gasteiger partial charge in [-0.3, -0.25) is 14.6 Å². The van der Waals surface area contributed by atoms with Crippen LogP contribution in [0.25, 0.3) is 0 Å². The van der Waals surface area contributed by atoms with Crippen molar-refractivity contribution in [3.63, 3.8) is 0 Å². The van der Waals surface area contributed by atoms with Gasteiger partial charge in [-0.1, -0.05) is 18.1 Å². The monoisotopic (exact) mass is 342 g/mol. The van der Waals surface area contributed by atoms with Crippen molar-refractivity contribution in [2.24, 2.45) is 0 Å². The van der Waals surface area contributed by atoms with E-state index in [0.29, 0.717) is 31.0 Å². The molecule has 0 saturated carbocycles. The fourth-order valence-corrected chi connectivity index (χ4v) is 2.95. The molecule has 7 heteroatoms. The maximum Gasteiger partial charge on any atom is 0.276 e.